The molecular formula is C44H63IN6O10S. The van der Waals surface area contributed by atoms with E-state index < -0.39 is 66.1 Å². The standard InChI is InChI=1S/C44H63IN6O10S/c1-6-31(45)35(40(54)49-62(57,58)44(5)18-19-44)47-39(53)33-17-12-20-51(33)41(55)37(43(2,3)4)48-42(56)61-34-27-28(34)13-8-7-9-15-30-36(60-26-23-50-21-24-59-25-22-50)29-14-10-11-16-32(29)46-38(30)52/h6,10-11,14,16,28,31,33-35,37H,1,7-9,12-13,15,17-27H2,2-5H3,(H,46,52)(H,47,53)(H,48,56)(H,49,54)/t28-,31+,33+,34?,35?,37-/m1/s1. The quantitative estimate of drug-likeness (QED) is 0.0636. The number of sulfonamides is 1. The number of nitrogens with zero attached hydrogens (tertiary/aromatic N) is 2. The molecule has 3 heterocycles. The summed E-state index contributed by atoms with van der Waals surface area (Å²) in [4.78, 5) is 74.3. The highest BCUT2D eigenvalue weighted by atomic mass is 127. The van der Waals surface area contributed by atoms with E-state index in [1.165, 1.54) is 11.0 Å². The minimum absolute atomic E-state index is 0.133. The molecule has 2 aliphatic heterocycles. The summed E-state index contributed by atoms with van der Waals surface area (Å²) >= 11 is 1.91. The van der Waals surface area contributed by atoms with Gasteiger partial charge in [-0.15, -0.1) is 6.58 Å². The first-order valence-electron chi connectivity index (χ1n) is 21.9. The molecule has 1 aromatic carbocycles. The number of unbranched alkanes of at least 4 members (excludes halogenated alkanes) is 2. The number of rotatable bonds is 20. The van der Waals surface area contributed by atoms with E-state index in [0.29, 0.717) is 63.2 Å². The Labute approximate surface area is 378 Å². The summed E-state index contributed by atoms with van der Waals surface area (Å²) in [5, 5.41) is 6.36. The molecule has 342 valence electrons. The number of benzene rings is 1. The lowest BCUT2D eigenvalue weighted by Crippen LogP contribution is -2.60. The molecular weight excluding hydrogens is 931 g/mol. The van der Waals surface area contributed by atoms with Gasteiger partial charge < -0.3 is 34.7 Å². The van der Waals surface area contributed by atoms with Crippen molar-refractivity contribution in [2.24, 2.45) is 11.3 Å². The van der Waals surface area contributed by atoms with Crippen LogP contribution in [0.5, 0.6) is 5.75 Å². The van der Waals surface area contributed by atoms with Crippen LogP contribution in [-0.4, -0.2) is 126 Å². The van der Waals surface area contributed by atoms with Crippen molar-refractivity contribution in [2.75, 3.05) is 46.0 Å². The molecule has 62 heavy (non-hydrogen) atoms. The van der Waals surface area contributed by atoms with Crippen LogP contribution in [0.25, 0.3) is 10.9 Å². The van der Waals surface area contributed by atoms with E-state index in [0.717, 1.165) is 62.6 Å². The van der Waals surface area contributed by atoms with Crippen LogP contribution in [0.15, 0.2) is 41.7 Å². The SMILES string of the molecule is C=C[C@H](I)C(NC(=O)[C@@H]1CCCN1C(=O)[C@@H](NC(=O)OC1C[C@H]1CCCCCc1c(OCCN2CCOCC2)c2ccccc2[nH]c1=O)C(C)(C)C)C(=O)NS(=O)(=O)C1(C)CC1. The van der Waals surface area contributed by atoms with Gasteiger partial charge in [-0.1, -0.05) is 74.4 Å². The van der Waals surface area contributed by atoms with Gasteiger partial charge in [0, 0.05) is 31.6 Å². The number of H-pyrrole nitrogens is 1. The molecule has 4 N–H and O–H groups in total. The van der Waals surface area contributed by atoms with Gasteiger partial charge in [0.05, 0.1) is 33.0 Å². The second-order valence-electron chi connectivity index (χ2n) is 18.4. The zero-order valence-corrected chi connectivity index (χ0v) is 39.3. The Balaban J connectivity index is 0.971. The maximum Gasteiger partial charge on any atom is 0.408 e. The highest BCUT2D eigenvalue weighted by Gasteiger charge is 2.52. The van der Waals surface area contributed by atoms with Crippen molar-refractivity contribution in [1.29, 1.82) is 0 Å². The molecule has 18 heteroatoms. The number of fused-ring (bicyclic) bond motifs is 1. The molecule has 6 rings (SSSR count). The van der Waals surface area contributed by atoms with E-state index in [9.17, 15) is 32.4 Å². The molecule has 4 fully saturated rings. The number of aromatic amines is 1. The maximum absolute atomic E-state index is 14.1. The summed E-state index contributed by atoms with van der Waals surface area (Å²) in [6.07, 6.45) is 6.93. The third-order valence-corrected chi connectivity index (χ3v) is 15.9. The predicted octanol–water partition coefficient (Wildman–Crippen LogP) is 4.34. The Morgan fingerprint density at radius 3 is 2.50 bits per heavy atom. The fourth-order valence-corrected chi connectivity index (χ4v) is 9.93. The zero-order valence-electron chi connectivity index (χ0n) is 36.3. The molecule has 0 spiro atoms. The predicted molar refractivity (Wildman–Crippen MR) is 244 cm³/mol. The first-order chi connectivity index (χ1) is 29.4. The lowest BCUT2D eigenvalue weighted by Gasteiger charge is -2.35. The van der Waals surface area contributed by atoms with Crippen LogP contribution in [0.1, 0.15) is 91.0 Å². The van der Waals surface area contributed by atoms with Gasteiger partial charge in [-0.05, 0) is 81.8 Å². The Kier molecular flexibility index (Phi) is 15.7. The molecule has 2 saturated carbocycles. The zero-order chi connectivity index (χ0) is 44.8. The summed E-state index contributed by atoms with van der Waals surface area (Å²) in [5.74, 6) is -1.06. The van der Waals surface area contributed by atoms with E-state index in [2.05, 4.69) is 31.8 Å². The van der Waals surface area contributed by atoms with Crippen molar-refractivity contribution >= 4 is 67.3 Å². The van der Waals surface area contributed by atoms with Crippen LogP contribution >= 0.6 is 22.6 Å². The second kappa shape index (κ2) is 20.4. The van der Waals surface area contributed by atoms with Crippen molar-refractivity contribution in [1.82, 2.24) is 30.1 Å². The topological polar surface area (TPSA) is 206 Å². The normalized spacial score (nSPS) is 22.5. The summed E-state index contributed by atoms with van der Waals surface area (Å²) in [6.45, 7) is 15.4. The number of aromatic nitrogens is 1. The van der Waals surface area contributed by atoms with Crippen LogP contribution in [0, 0.1) is 11.3 Å². The number of pyridine rings is 1. The molecule has 1 aromatic heterocycles. The van der Waals surface area contributed by atoms with E-state index in [4.69, 9.17) is 14.2 Å². The molecule has 2 aliphatic carbocycles. The molecule has 4 aliphatic rings. The van der Waals surface area contributed by atoms with E-state index in [1.807, 2.05) is 67.6 Å². The van der Waals surface area contributed by atoms with E-state index in [-0.39, 0.29) is 24.1 Å². The fraction of sp³-hybridized carbons (Fsp3) is 0.659. The number of hydrogen-bond donors (Lipinski definition) is 4. The number of hydrogen-bond acceptors (Lipinski definition) is 11. The Hall–Kier alpha value is -3.75. The van der Waals surface area contributed by atoms with Crippen LogP contribution < -0.4 is 25.7 Å². The second-order valence-corrected chi connectivity index (χ2v) is 22.0. The monoisotopic (exact) mass is 994 g/mol. The summed E-state index contributed by atoms with van der Waals surface area (Å²) in [5.41, 5.74) is 0.530. The lowest BCUT2D eigenvalue weighted by atomic mass is 9.85. The maximum atomic E-state index is 14.1. The van der Waals surface area contributed by atoms with Crippen molar-refractivity contribution in [3.63, 3.8) is 0 Å². The van der Waals surface area contributed by atoms with Crippen molar-refractivity contribution in [3.8, 4) is 5.75 Å². The summed E-state index contributed by atoms with van der Waals surface area (Å²) < 4.78 is 43.6. The number of ether oxygens (including phenoxy) is 3. The number of para-hydroxylation sites is 1. The molecule has 4 amide bonds. The average Bonchev–Trinajstić information content (AvgIpc) is 4.11. The fourth-order valence-electron chi connectivity index (χ4n) is 8.15. The van der Waals surface area contributed by atoms with Gasteiger partial charge in [-0.3, -0.25) is 28.8 Å². The van der Waals surface area contributed by atoms with Crippen LogP contribution in [-0.2, 0) is 40.3 Å². The average molecular weight is 995 g/mol. The smallest absolute Gasteiger partial charge is 0.408 e. The van der Waals surface area contributed by atoms with Crippen molar-refractivity contribution in [2.45, 2.75) is 125 Å². The van der Waals surface area contributed by atoms with Crippen LogP contribution in [0.3, 0.4) is 0 Å². The Bertz CT molecular complexity index is 2130. The third kappa shape index (κ3) is 11.9. The summed E-state index contributed by atoms with van der Waals surface area (Å²) in [7, 11) is -3.95. The number of likely N-dealkylation sites (tertiary alicyclic amines) is 1. The lowest BCUT2D eigenvalue weighted by molar-refractivity contribution is -0.142. The number of carbonyl (C=O) groups is 4. The first kappa shape index (κ1) is 47.7. The largest absolute Gasteiger partial charge is 0.491 e. The molecule has 2 aromatic rings. The van der Waals surface area contributed by atoms with E-state index in [1.54, 1.807) is 6.92 Å². The summed E-state index contributed by atoms with van der Waals surface area (Å²) in [6, 6.07) is 4.51. The number of halogens is 1. The molecule has 6 atom stereocenters. The van der Waals surface area contributed by atoms with Crippen LogP contribution in [0.2, 0.25) is 0 Å². The molecule has 0 radical (unpaired) electrons. The number of morpholine rings is 1. The van der Waals surface area contributed by atoms with Gasteiger partial charge in [0.25, 0.3) is 11.5 Å². The molecule has 0 bridgehead atoms. The van der Waals surface area contributed by atoms with Gasteiger partial charge in [0.2, 0.25) is 21.8 Å². The minimum atomic E-state index is -3.95. The highest BCUT2D eigenvalue weighted by molar-refractivity contribution is 14.1. The van der Waals surface area contributed by atoms with Crippen molar-refractivity contribution in [3.05, 3.63) is 52.8 Å². The third-order valence-electron chi connectivity index (χ3n) is 12.5. The number of alkyl carbamates (subject to hydrolysis) is 1. The number of alkyl halides is 1. The molecule has 16 nitrogen and oxygen atoms in total. The number of nitrogens with one attached hydrogen (secondary N) is 4. The first-order valence-corrected chi connectivity index (χ1v) is 24.6. The Morgan fingerprint density at radius 2 is 1.81 bits per heavy atom. The van der Waals surface area contributed by atoms with Crippen molar-refractivity contribution < 1.29 is 41.8 Å². The van der Waals surface area contributed by atoms with Gasteiger partial charge >= 0.3 is 6.09 Å². The molecule has 2 saturated heterocycles. The van der Waals surface area contributed by atoms with Gasteiger partial charge in [0.15, 0.2) is 0 Å². The number of carbonyl (C=O) groups excluding carboxylic acids is 4. The number of amides is 4. The van der Waals surface area contributed by atoms with Gasteiger partial charge in [-0.2, -0.15) is 0 Å². The van der Waals surface area contributed by atoms with Gasteiger partial charge in [-0.25, -0.2) is 13.2 Å². The molecule has 2 unspecified atom stereocenters. The highest BCUT2D eigenvalue weighted by Crippen LogP contribution is 2.42. The van der Waals surface area contributed by atoms with Gasteiger partial charge in [0.1, 0.15) is 36.6 Å². The van der Waals surface area contributed by atoms with Crippen LogP contribution in [0.4, 0.5) is 4.79 Å². The Morgan fingerprint density at radius 1 is 1.08 bits per heavy atom. The van der Waals surface area contributed by atoms with E-state index >= 15 is 0 Å². The minimum Gasteiger partial charge on any atom is -0.491 e.